The molecule has 0 radical (unpaired) electrons. The van der Waals surface area contributed by atoms with Gasteiger partial charge in [0.1, 0.15) is 0 Å². The number of allylic oxidation sites excluding steroid dienone is 1. The Morgan fingerprint density at radius 1 is 1.28 bits per heavy atom. The predicted octanol–water partition coefficient (Wildman–Crippen LogP) is 2.60. The standard InChI is InChI=1S/C14H25NO3/c1-4-5-6-13(16)15-10-9-12(11(2)3)7-8-14(17)18/h4,11-12H,1,5-10H2,2-3H3,(H,15,16)(H,17,18). The Bertz CT molecular complexity index is 274. The summed E-state index contributed by atoms with van der Waals surface area (Å²) in [6.07, 6.45) is 4.61. The van der Waals surface area contributed by atoms with Crippen LogP contribution in [0.2, 0.25) is 0 Å². The number of aliphatic carboxylic acids is 1. The van der Waals surface area contributed by atoms with Gasteiger partial charge < -0.3 is 10.4 Å². The smallest absolute Gasteiger partial charge is 0.303 e. The van der Waals surface area contributed by atoms with Crippen molar-refractivity contribution in [1.29, 1.82) is 0 Å². The van der Waals surface area contributed by atoms with Crippen LogP contribution in [0.15, 0.2) is 12.7 Å². The largest absolute Gasteiger partial charge is 0.481 e. The Labute approximate surface area is 109 Å². The molecule has 1 unspecified atom stereocenters. The molecular formula is C14H25NO3. The number of hydrogen-bond acceptors (Lipinski definition) is 2. The number of carboxylic acids is 1. The SMILES string of the molecule is C=CCCC(=O)NCCC(CCC(=O)O)C(C)C. The van der Waals surface area contributed by atoms with E-state index in [1.165, 1.54) is 0 Å². The Hall–Kier alpha value is -1.32. The van der Waals surface area contributed by atoms with Crippen molar-refractivity contribution in [2.75, 3.05) is 6.54 Å². The van der Waals surface area contributed by atoms with E-state index < -0.39 is 5.97 Å². The molecule has 4 heteroatoms. The van der Waals surface area contributed by atoms with E-state index in [-0.39, 0.29) is 12.3 Å². The van der Waals surface area contributed by atoms with Crippen LogP contribution in [0.4, 0.5) is 0 Å². The van der Waals surface area contributed by atoms with E-state index in [1.54, 1.807) is 6.08 Å². The van der Waals surface area contributed by atoms with Crippen molar-refractivity contribution in [1.82, 2.24) is 5.32 Å². The highest BCUT2D eigenvalue weighted by Gasteiger charge is 2.15. The van der Waals surface area contributed by atoms with E-state index in [1.807, 2.05) is 0 Å². The topological polar surface area (TPSA) is 66.4 Å². The zero-order valence-corrected chi connectivity index (χ0v) is 11.4. The Morgan fingerprint density at radius 3 is 2.44 bits per heavy atom. The number of carboxylic acid groups (broad SMARTS) is 1. The average Bonchev–Trinajstić information content (AvgIpc) is 2.30. The first-order chi connectivity index (χ1) is 8.47. The molecule has 0 aromatic rings. The molecule has 0 aromatic heterocycles. The van der Waals surface area contributed by atoms with Gasteiger partial charge in [-0.3, -0.25) is 9.59 Å². The molecule has 0 heterocycles. The van der Waals surface area contributed by atoms with Crippen LogP contribution < -0.4 is 5.32 Å². The molecule has 0 rings (SSSR count). The second-order valence-electron chi connectivity index (χ2n) is 4.90. The van der Waals surface area contributed by atoms with Crippen molar-refractivity contribution in [3.05, 3.63) is 12.7 Å². The van der Waals surface area contributed by atoms with Crippen LogP contribution in [-0.2, 0) is 9.59 Å². The van der Waals surface area contributed by atoms with Crippen molar-refractivity contribution in [2.24, 2.45) is 11.8 Å². The van der Waals surface area contributed by atoms with Crippen LogP contribution in [-0.4, -0.2) is 23.5 Å². The van der Waals surface area contributed by atoms with Crippen molar-refractivity contribution < 1.29 is 14.7 Å². The Morgan fingerprint density at radius 2 is 1.94 bits per heavy atom. The van der Waals surface area contributed by atoms with Crippen molar-refractivity contribution in [3.63, 3.8) is 0 Å². The molecule has 0 saturated carbocycles. The van der Waals surface area contributed by atoms with Gasteiger partial charge in [-0.05, 0) is 31.1 Å². The molecular weight excluding hydrogens is 230 g/mol. The van der Waals surface area contributed by atoms with Crippen molar-refractivity contribution >= 4 is 11.9 Å². The van der Waals surface area contributed by atoms with Crippen LogP contribution >= 0.6 is 0 Å². The lowest BCUT2D eigenvalue weighted by Crippen LogP contribution is -2.26. The molecule has 4 nitrogen and oxygen atoms in total. The summed E-state index contributed by atoms with van der Waals surface area (Å²) in [7, 11) is 0. The molecule has 0 aliphatic heterocycles. The van der Waals surface area contributed by atoms with Crippen LogP contribution in [0.3, 0.4) is 0 Å². The van der Waals surface area contributed by atoms with Crippen LogP contribution in [0.25, 0.3) is 0 Å². The molecule has 0 aliphatic rings. The van der Waals surface area contributed by atoms with E-state index in [2.05, 4.69) is 25.7 Å². The predicted molar refractivity (Wildman–Crippen MR) is 72.3 cm³/mol. The molecule has 0 bridgehead atoms. The van der Waals surface area contributed by atoms with E-state index in [9.17, 15) is 9.59 Å². The molecule has 0 fully saturated rings. The van der Waals surface area contributed by atoms with Gasteiger partial charge in [0.15, 0.2) is 0 Å². The lowest BCUT2D eigenvalue weighted by Gasteiger charge is -2.20. The summed E-state index contributed by atoms with van der Waals surface area (Å²) in [5, 5.41) is 11.5. The van der Waals surface area contributed by atoms with Crippen molar-refractivity contribution in [2.45, 2.75) is 46.0 Å². The fourth-order valence-corrected chi connectivity index (χ4v) is 1.84. The highest BCUT2D eigenvalue weighted by Crippen LogP contribution is 2.20. The number of rotatable bonds is 10. The maximum atomic E-state index is 11.4. The first-order valence-corrected chi connectivity index (χ1v) is 6.56. The lowest BCUT2D eigenvalue weighted by atomic mass is 9.88. The van der Waals surface area contributed by atoms with Gasteiger partial charge in [0.2, 0.25) is 5.91 Å². The highest BCUT2D eigenvalue weighted by molar-refractivity contribution is 5.75. The van der Waals surface area contributed by atoms with Gasteiger partial charge in [0.05, 0.1) is 0 Å². The third-order valence-corrected chi connectivity index (χ3v) is 3.08. The first kappa shape index (κ1) is 16.7. The van der Waals surface area contributed by atoms with Crippen LogP contribution in [0, 0.1) is 11.8 Å². The minimum Gasteiger partial charge on any atom is -0.481 e. The van der Waals surface area contributed by atoms with Gasteiger partial charge >= 0.3 is 5.97 Å². The number of amides is 1. The summed E-state index contributed by atoms with van der Waals surface area (Å²) in [6, 6.07) is 0. The summed E-state index contributed by atoms with van der Waals surface area (Å²) in [5.41, 5.74) is 0. The number of carbonyl (C=O) groups excluding carboxylic acids is 1. The fourth-order valence-electron chi connectivity index (χ4n) is 1.84. The normalized spacial score (nSPS) is 12.2. The monoisotopic (exact) mass is 255 g/mol. The maximum Gasteiger partial charge on any atom is 0.303 e. The van der Waals surface area contributed by atoms with E-state index in [0.717, 1.165) is 6.42 Å². The third kappa shape index (κ3) is 8.79. The second kappa shape index (κ2) is 9.68. The van der Waals surface area contributed by atoms with Gasteiger partial charge in [0, 0.05) is 19.4 Å². The molecule has 104 valence electrons. The van der Waals surface area contributed by atoms with Crippen molar-refractivity contribution in [3.8, 4) is 0 Å². The maximum absolute atomic E-state index is 11.4. The summed E-state index contributed by atoms with van der Waals surface area (Å²) in [6.45, 7) is 8.37. The Balaban J connectivity index is 3.86. The van der Waals surface area contributed by atoms with Gasteiger partial charge in [-0.25, -0.2) is 0 Å². The minimum absolute atomic E-state index is 0.0376. The number of carbonyl (C=O) groups is 2. The molecule has 1 amide bonds. The Kier molecular flexibility index (Phi) is 8.97. The molecule has 18 heavy (non-hydrogen) atoms. The number of nitrogens with one attached hydrogen (secondary N) is 1. The second-order valence-corrected chi connectivity index (χ2v) is 4.90. The minimum atomic E-state index is -0.754. The van der Waals surface area contributed by atoms with Gasteiger partial charge in [-0.2, -0.15) is 0 Å². The summed E-state index contributed by atoms with van der Waals surface area (Å²) in [4.78, 5) is 21.9. The highest BCUT2D eigenvalue weighted by atomic mass is 16.4. The van der Waals surface area contributed by atoms with E-state index in [4.69, 9.17) is 5.11 Å². The molecule has 0 aromatic carbocycles. The molecule has 1 atom stereocenters. The van der Waals surface area contributed by atoms with Gasteiger partial charge in [-0.1, -0.05) is 19.9 Å². The zero-order valence-electron chi connectivity index (χ0n) is 11.4. The van der Waals surface area contributed by atoms with Gasteiger partial charge in [-0.15, -0.1) is 6.58 Å². The lowest BCUT2D eigenvalue weighted by molar-refractivity contribution is -0.137. The molecule has 0 aliphatic carbocycles. The quantitative estimate of drug-likeness (QED) is 0.590. The van der Waals surface area contributed by atoms with Crippen LogP contribution in [0.1, 0.15) is 46.0 Å². The average molecular weight is 255 g/mol. The molecule has 2 N–H and O–H groups in total. The molecule has 0 spiro atoms. The summed E-state index contributed by atoms with van der Waals surface area (Å²) >= 11 is 0. The van der Waals surface area contributed by atoms with E-state index >= 15 is 0 Å². The summed E-state index contributed by atoms with van der Waals surface area (Å²) < 4.78 is 0. The first-order valence-electron chi connectivity index (χ1n) is 6.56. The third-order valence-electron chi connectivity index (χ3n) is 3.08. The zero-order chi connectivity index (χ0) is 14.0. The number of hydrogen-bond donors (Lipinski definition) is 2. The fraction of sp³-hybridized carbons (Fsp3) is 0.714. The van der Waals surface area contributed by atoms with E-state index in [0.29, 0.717) is 37.6 Å². The molecule has 0 saturated heterocycles. The van der Waals surface area contributed by atoms with Crippen LogP contribution in [0.5, 0.6) is 0 Å². The van der Waals surface area contributed by atoms with Gasteiger partial charge in [0.25, 0.3) is 0 Å². The summed E-state index contributed by atoms with van der Waals surface area (Å²) in [5.74, 6) is 0.0709.